The molecular formula is C21H32N6O. The lowest BCUT2D eigenvalue weighted by Gasteiger charge is -2.31. The monoisotopic (exact) mass is 384 g/mol. The van der Waals surface area contributed by atoms with Crippen molar-refractivity contribution < 1.29 is 4.74 Å². The minimum absolute atomic E-state index is 0.305. The molecule has 28 heavy (non-hydrogen) atoms. The summed E-state index contributed by atoms with van der Waals surface area (Å²) in [6.45, 7) is 12.9. The van der Waals surface area contributed by atoms with Gasteiger partial charge in [-0.05, 0) is 26.7 Å². The van der Waals surface area contributed by atoms with Gasteiger partial charge in [-0.25, -0.2) is 9.97 Å². The Balaban J connectivity index is 1.69. The Morgan fingerprint density at radius 3 is 2.50 bits per heavy atom. The van der Waals surface area contributed by atoms with E-state index in [1.165, 1.54) is 0 Å². The van der Waals surface area contributed by atoms with E-state index in [-0.39, 0.29) is 0 Å². The third kappa shape index (κ3) is 4.95. The molecular weight excluding hydrogens is 352 g/mol. The summed E-state index contributed by atoms with van der Waals surface area (Å²) >= 11 is 0. The molecule has 1 saturated heterocycles. The Morgan fingerprint density at radius 1 is 1.04 bits per heavy atom. The summed E-state index contributed by atoms with van der Waals surface area (Å²) < 4.78 is 5.44. The first-order valence-electron chi connectivity index (χ1n) is 10.3. The van der Waals surface area contributed by atoms with Gasteiger partial charge in [0.15, 0.2) is 0 Å². The van der Waals surface area contributed by atoms with Crippen LogP contribution in [-0.4, -0.2) is 58.8 Å². The third-order valence-corrected chi connectivity index (χ3v) is 5.38. The largest absolute Gasteiger partial charge is 0.378 e. The summed E-state index contributed by atoms with van der Waals surface area (Å²) in [4.78, 5) is 23.0. The molecule has 1 aliphatic heterocycles. The van der Waals surface area contributed by atoms with Gasteiger partial charge in [0.2, 0.25) is 0 Å². The van der Waals surface area contributed by atoms with Crippen molar-refractivity contribution in [2.45, 2.75) is 52.5 Å². The minimum Gasteiger partial charge on any atom is -0.378 e. The number of morpholine rings is 1. The summed E-state index contributed by atoms with van der Waals surface area (Å²) in [5, 5.41) is 0. The molecule has 1 aliphatic rings. The Kier molecular flexibility index (Phi) is 7.14. The van der Waals surface area contributed by atoms with Crippen LogP contribution < -0.4 is 9.80 Å². The number of hydrogen-bond acceptors (Lipinski definition) is 7. The van der Waals surface area contributed by atoms with E-state index in [9.17, 15) is 0 Å². The third-order valence-electron chi connectivity index (χ3n) is 5.38. The standard InChI is InChI=1S/C21H32N6O/c1-5-18-12-22-15-21(24-18)27(6-2)17(4)11-16(3)19-13-23-14-20(25-19)26-7-9-28-10-8-26/h12-17H,5-11H2,1-4H3. The lowest BCUT2D eigenvalue weighted by Crippen LogP contribution is -2.37. The normalized spacial score (nSPS) is 16.6. The highest BCUT2D eigenvalue weighted by molar-refractivity contribution is 5.39. The van der Waals surface area contributed by atoms with Crippen LogP contribution in [0.15, 0.2) is 24.8 Å². The van der Waals surface area contributed by atoms with E-state index >= 15 is 0 Å². The van der Waals surface area contributed by atoms with Crippen molar-refractivity contribution in [1.82, 2.24) is 19.9 Å². The molecule has 0 N–H and O–H groups in total. The molecule has 2 aromatic rings. The fourth-order valence-corrected chi connectivity index (χ4v) is 3.72. The molecule has 0 bridgehead atoms. The quantitative estimate of drug-likeness (QED) is 0.693. The Hall–Kier alpha value is -2.28. The van der Waals surface area contributed by atoms with Crippen LogP contribution in [0, 0.1) is 0 Å². The first kappa shape index (κ1) is 20.5. The SMILES string of the molecule is CCc1cncc(N(CC)C(C)CC(C)c2cncc(N3CCOCC3)n2)n1. The fourth-order valence-electron chi connectivity index (χ4n) is 3.72. The van der Waals surface area contributed by atoms with Gasteiger partial charge in [0, 0.05) is 44.0 Å². The van der Waals surface area contributed by atoms with Crippen molar-refractivity contribution in [3.8, 4) is 0 Å². The molecule has 0 radical (unpaired) electrons. The lowest BCUT2D eigenvalue weighted by atomic mass is 9.98. The molecule has 2 aromatic heterocycles. The van der Waals surface area contributed by atoms with Gasteiger partial charge in [-0.3, -0.25) is 9.97 Å². The van der Waals surface area contributed by atoms with Gasteiger partial charge in [-0.2, -0.15) is 0 Å². The Labute approximate surface area is 168 Å². The molecule has 3 heterocycles. The van der Waals surface area contributed by atoms with Gasteiger partial charge in [0.05, 0.1) is 37.0 Å². The van der Waals surface area contributed by atoms with Crippen molar-refractivity contribution in [2.24, 2.45) is 0 Å². The lowest BCUT2D eigenvalue weighted by molar-refractivity contribution is 0.122. The smallest absolute Gasteiger partial charge is 0.147 e. The van der Waals surface area contributed by atoms with Crippen LogP contribution in [0.4, 0.5) is 11.6 Å². The number of anilines is 2. The van der Waals surface area contributed by atoms with Gasteiger partial charge < -0.3 is 14.5 Å². The van der Waals surface area contributed by atoms with Crippen LogP contribution in [0.2, 0.25) is 0 Å². The molecule has 0 saturated carbocycles. The molecule has 152 valence electrons. The van der Waals surface area contributed by atoms with Gasteiger partial charge in [-0.1, -0.05) is 13.8 Å². The molecule has 2 unspecified atom stereocenters. The van der Waals surface area contributed by atoms with Gasteiger partial charge in [-0.15, -0.1) is 0 Å². The van der Waals surface area contributed by atoms with Crippen LogP contribution in [0.1, 0.15) is 51.4 Å². The zero-order valence-corrected chi connectivity index (χ0v) is 17.5. The number of aryl methyl sites for hydroxylation is 1. The van der Waals surface area contributed by atoms with Gasteiger partial charge in [0.25, 0.3) is 0 Å². The molecule has 0 amide bonds. The van der Waals surface area contributed by atoms with E-state index in [4.69, 9.17) is 14.7 Å². The van der Waals surface area contributed by atoms with Crippen molar-refractivity contribution in [3.05, 3.63) is 36.2 Å². The van der Waals surface area contributed by atoms with E-state index in [0.29, 0.717) is 12.0 Å². The van der Waals surface area contributed by atoms with Crippen LogP contribution in [-0.2, 0) is 11.2 Å². The highest BCUT2D eigenvalue weighted by atomic mass is 16.5. The first-order chi connectivity index (χ1) is 13.6. The van der Waals surface area contributed by atoms with Crippen molar-refractivity contribution in [2.75, 3.05) is 42.6 Å². The summed E-state index contributed by atoms with van der Waals surface area (Å²) in [5.41, 5.74) is 2.07. The number of rotatable bonds is 8. The number of aromatic nitrogens is 4. The number of ether oxygens (including phenoxy) is 1. The number of hydrogen-bond donors (Lipinski definition) is 0. The highest BCUT2D eigenvalue weighted by Crippen LogP contribution is 2.25. The second-order valence-corrected chi connectivity index (χ2v) is 7.40. The fraction of sp³-hybridized carbons (Fsp3) is 0.619. The summed E-state index contributed by atoms with van der Waals surface area (Å²) in [7, 11) is 0. The van der Waals surface area contributed by atoms with Crippen molar-refractivity contribution >= 4 is 11.6 Å². The predicted molar refractivity (Wildman–Crippen MR) is 112 cm³/mol. The highest BCUT2D eigenvalue weighted by Gasteiger charge is 2.21. The van der Waals surface area contributed by atoms with Crippen molar-refractivity contribution in [1.29, 1.82) is 0 Å². The molecule has 3 rings (SSSR count). The second-order valence-electron chi connectivity index (χ2n) is 7.40. The molecule has 1 fully saturated rings. The van der Waals surface area contributed by atoms with Crippen molar-refractivity contribution in [3.63, 3.8) is 0 Å². The van der Waals surface area contributed by atoms with Gasteiger partial charge >= 0.3 is 0 Å². The molecule has 7 nitrogen and oxygen atoms in total. The average Bonchev–Trinajstić information content (AvgIpc) is 2.75. The van der Waals surface area contributed by atoms with Crippen LogP contribution in [0.3, 0.4) is 0 Å². The summed E-state index contributed by atoms with van der Waals surface area (Å²) in [6, 6.07) is 0.329. The summed E-state index contributed by atoms with van der Waals surface area (Å²) in [6.07, 6.45) is 9.34. The average molecular weight is 385 g/mol. The molecule has 0 aromatic carbocycles. The zero-order chi connectivity index (χ0) is 19.9. The molecule has 2 atom stereocenters. The summed E-state index contributed by atoms with van der Waals surface area (Å²) in [5.74, 6) is 2.21. The van der Waals surface area contributed by atoms with Crippen LogP contribution in [0.5, 0.6) is 0 Å². The number of nitrogens with zero attached hydrogens (tertiary/aromatic N) is 6. The van der Waals surface area contributed by atoms with E-state index < -0.39 is 0 Å². The zero-order valence-electron chi connectivity index (χ0n) is 17.5. The maximum Gasteiger partial charge on any atom is 0.147 e. The molecule has 7 heteroatoms. The van der Waals surface area contributed by atoms with E-state index in [1.807, 2.05) is 24.8 Å². The molecule has 0 spiro atoms. The van der Waals surface area contributed by atoms with E-state index in [1.54, 1.807) is 0 Å². The van der Waals surface area contributed by atoms with E-state index in [2.05, 4.69) is 47.5 Å². The Bertz CT molecular complexity index is 749. The first-order valence-corrected chi connectivity index (χ1v) is 10.3. The maximum atomic E-state index is 5.44. The van der Waals surface area contributed by atoms with Crippen LogP contribution >= 0.6 is 0 Å². The predicted octanol–water partition coefficient (Wildman–Crippen LogP) is 3.07. The van der Waals surface area contributed by atoms with E-state index in [0.717, 1.165) is 68.7 Å². The topological polar surface area (TPSA) is 67.3 Å². The second kappa shape index (κ2) is 9.78. The minimum atomic E-state index is 0.305. The molecule has 0 aliphatic carbocycles. The van der Waals surface area contributed by atoms with Gasteiger partial charge in [0.1, 0.15) is 11.6 Å². The van der Waals surface area contributed by atoms with Crippen LogP contribution in [0.25, 0.3) is 0 Å². The maximum absolute atomic E-state index is 5.44. The Morgan fingerprint density at radius 2 is 1.79 bits per heavy atom.